The van der Waals surface area contributed by atoms with Crippen molar-refractivity contribution in [1.29, 1.82) is 0 Å². The number of carbonyl (C=O) groups is 2. The molecule has 0 spiro atoms. The third kappa shape index (κ3) is 3.48. The zero-order valence-corrected chi connectivity index (χ0v) is 15.3. The Morgan fingerprint density at radius 1 is 1.36 bits per heavy atom. The van der Waals surface area contributed by atoms with Gasteiger partial charge in [0, 0.05) is 18.2 Å². The molecule has 1 unspecified atom stereocenters. The Labute approximate surface area is 158 Å². The maximum absolute atomic E-state index is 14.5. The number of esters is 2. The number of benzene rings is 1. The van der Waals surface area contributed by atoms with Gasteiger partial charge in [-0.1, -0.05) is 0 Å². The lowest BCUT2D eigenvalue weighted by molar-refractivity contribution is -0.136. The van der Waals surface area contributed by atoms with Crippen molar-refractivity contribution in [2.45, 2.75) is 32.1 Å². The number of ether oxygens (including phenoxy) is 2. The first kappa shape index (κ1) is 19.9. The molecule has 150 valence electrons. The van der Waals surface area contributed by atoms with Gasteiger partial charge in [-0.05, 0) is 31.0 Å². The highest BCUT2D eigenvalue weighted by atomic mass is 19.3. The minimum absolute atomic E-state index is 0.0586. The lowest BCUT2D eigenvalue weighted by atomic mass is 9.78. The van der Waals surface area contributed by atoms with E-state index in [9.17, 15) is 27.2 Å². The molecule has 0 aromatic heterocycles. The molecule has 0 fully saturated rings. The lowest BCUT2D eigenvalue weighted by Crippen LogP contribution is -2.31. The van der Waals surface area contributed by atoms with Crippen molar-refractivity contribution < 1.29 is 36.6 Å². The zero-order valence-electron chi connectivity index (χ0n) is 15.3. The van der Waals surface area contributed by atoms with E-state index in [2.05, 4.69) is 5.32 Å². The van der Waals surface area contributed by atoms with Crippen molar-refractivity contribution in [1.82, 2.24) is 5.32 Å². The number of dihydropyridines is 1. The number of hydrogen-bond donors (Lipinski definition) is 1. The average Bonchev–Trinajstić information content (AvgIpc) is 2.95. The molecule has 5 nitrogen and oxygen atoms in total. The summed E-state index contributed by atoms with van der Waals surface area (Å²) >= 11 is 0. The summed E-state index contributed by atoms with van der Waals surface area (Å²) in [5.74, 6) is -8.49. The van der Waals surface area contributed by atoms with Crippen LogP contribution in [0.15, 0.2) is 34.7 Å². The van der Waals surface area contributed by atoms with Crippen LogP contribution in [0.5, 0.6) is 0 Å². The molecular weight excluding hydrogens is 382 g/mol. The van der Waals surface area contributed by atoms with E-state index in [1.807, 2.05) is 0 Å². The van der Waals surface area contributed by atoms with E-state index in [0.717, 1.165) is 13.2 Å². The highest BCUT2D eigenvalue weighted by Crippen LogP contribution is 2.44. The van der Waals surface area contributed by atoms with E-state index in [-0.39, 0.29) is 29.0 Å². The largest absolute Gasteiger partial charge is 0.466 e. The number of nitrogens with one attached hydrogen (secondary N) is 1. The fourth-order valence-electron chi connectivity index (χ4n) is 3.54. The van der Waals surface area contributed by atoms with Crippen LogP contribution in [0.2, 0.25) is 0 Å². The van der Waals surface area contributed by atoms with E-state index < -0.39 is 47.4 Å². The molecule has 1 atom stereocenters. The third-order valence-electron chi connectivity index (χ3n) is 4.61. The molecule has 0 aliphatic carbocycles. The van der Waals surface area contributed by atoms with Gasteiger partial charge in [0.05, 0.1) is 29.9 Å². The number of allylic oxidation sites excluding steroid dienone is 1. The zero-order chi connectivity index (χ0) is 20.8. The first-order valence-corrected chi connectivity index (χ1v) is 8.35. The first-order chi connectivity index (χ1) is 13.0. The third-order valence-corrected chi connectivity index (χ3v) is 4.61. The van der Waals surface area contributed by atoms with E-state index in [1.54, 1.807) is 0 Å². The predicted octanol–water partition coefficient (Wildman–Crippen LogP) is 3.11. The van der Waals surface area contributed by atoms with Crippen LogP contribution in [0.1, 0.15) is 30.9 Å². The lowest BCUT2D eigenvalue weighted by Gasteiger charge is -2.29. The van der Waals surface area contributed by atoms with Gasteiger partial charge < -0.3 is 14.8 Å². The molecule has 2 aliphatic heterocycles. The Morgan fingerprint density at radius 3 is 2.64 bits per heavy atom. The monoisotopic (exact) mass is 399 g/mol. The highest BCUT2D eigenvalue weighted by Gasteiger charge is 2.43. The Morgan fingerprint density at radius 2 is 2.04 bits per heavy atom. The summed E-state index contributed by atoms with van der Waals surface area (Å²) in [7, 11) is 1.10. The number of alkyl halides is 2. The minimum atomic E-state index is -3.31. The summed E-state index contributed by atoms with van der Waals surface area (Å²) in [6.45, 7) is 1.97. The van der Waals surface area contributed by atoms with E-state index in [0.29, 0.717) is 18.7 Å². The van der Waals surface area contributed by atoms with Crippen LogP contribution in [0.4, 0.5) is 17.6 Å². The van der Waals surface area contributed by atoms with Gasteiger partial charge in [0.2, 0.25) is 5.92 Å². The SMILES string of the molecule is COC(=O)C1=C(C)NC2=C(C(=O)OC2)C1c1cc(F)cc(F)c1CC(C)(F)F. The molecule has 2 aliphatic rings. The van der Waals surface area contributed by atoms with Gasteiger partial charge in [-0.15, -0.1) is 0 Å². The van der Waals surface area contributed by atoms with Crippen molar-refractivity contribution in [2.75, 3.05) is 13.7 Å². The molecule has 1 aromatic carbocycles. The standard InChI is InChI=1S/C19H17F4NO4/c1-8-14(17(25)27-3)15(16-13(24-8)7-28-18(16)26)10-4-9(20)5-12(21)11(10)6-19(2,22)23/h4-5,15,24H,6-7H2,1-3H3. The Kier molecular flexibility index (Phi) is 4.95. The van der Waals surface area contributed by atoms with Crippen LogP contribution >= 0.6 is 0 Å². The van der Waals surface area contributed by atoms with Crippen LogP contribution in [0.3, 0.4) is 0 Å². The van der Waals surface area contributed by atoms with Crippen molar-refractivity contribution in [3.05, 3.63) is 57.4 Å². The fraction of sp³-hybridized carbons (Fsp3) is 0.368. The summed E-state index contributed by atoms with van der Waals surface area (Å²) in [6.07, 6.45) is -1.04. The van der Waals surface area contributed by atoms with Crippen LogP contribution < -0.4 is 5.32 Å². The van der Waals surface area contributed by atoms with Crippen LogP contribution in [-0.2, 0) is 25.5 Å². The maximum Gasteiger partial charge on any atom is 0.337 e. The molecule has 28 heavy (non-hydrogen) atoms. The molecule has 0 bridgehead atoms. The van der Waals surface area contributed by atoms with Gasteiger partial charge in [0.15, 0.2) is 0 Å². The molecule has 0 amide bonds. The number of halogens is 4. The first-order valence-electron chi connectivity index (χ1n) is 8.35. The van der Waals surface area contributed by atoms with Gasteiger partial charge in [0.1, 0.15) is 18.2 Å². The summed E-state index contributed by atoms with van der Waals surface area (Å²) in [4.78, 5) is 24.7. The van der Waals surface area contributed by atoms with Gasteiger partial charge in [-0.3, -0.25) is 0 Å². The van der Waals surface area contributed by atoms with Crippen molar-refractivity contribution in [3.63, 3.8) is 0 Å². The highest BCUT2D eigenvalue weighted by molar-refractivity contribution is 6.01. The summed E-state index contributed by atoms with van der Waals surface area (Å²) in [5.41, 5.74) is -0.317. The number of hydrogen-bond acceptors (Lipinski definition) is 5. The molecule has 0 saturated heterocycles. The molecule has 9 heteroatoms. The second-order valence-electron chi connectivity index (χ2n) is 6.76. The predicted molar refractivity (Wildman–Crippen MR) is 89.3 cm³/mol. The van der Waals surface area contributed by atoms with Crippen LogP contribution in [-0.4, -0.2) is 31.6 Å². The van der Waals surface area contributed by atoms with Gasteiger partial charge in [-0.2, -0.15) is 0 Å². The van der Waals surface area contributed by atoms with Gasteiger partial charge in [0.25, 0.3) is 0 Å². The average molecular weight is 399 g/mol. The number of rotatable bonds is 4. The van der Waals surface area contributed by atoms with E-state index >= 15 is 0 Å². The number of methoxy groups -OCH3 is 1. The van der Waals surface area contributed by atoms with Crippen LogP contribution in [0, 0.1) is 11.6 Å². The van der Waals surface area contributed by atoms with Gasteiger partial charge in [-0.25, -0.2) is 27.2 Å². The smallest absolute Gasteiger partial charge is 0.337 e. The molecule has 2 heterocycles. The van der Waals surface area contributed by atoms with Crippen molar-refractivity contribution in [2.24, 2.45) is 0 Å². The molecule has 1 N–H and O–H groups in total. The van der Waals surface area contributed by atoms with E-state index in [1.165, 1.54) is 6.92 Å². The molecule has 3 rings (SSSR count). The van der Waals surface area contributed by atoms with Crippen molar-refractivity contribution >= 4 is 11.9 Å². The second-order valence-corrected chi connectivity index (χ2v) is 6.76. The maximum atomic E-state index is 14.5. The normalized spacial score (nSPS) is 19.4. The second kappa shape index (κ2) is 6.96. The Balaban J connectivity index is 2.30. The number of carbonyl (C=O) groups excluding carboxylic acids is 2. The van der Waals surface area contributed by atoms with Crippen molar-refractivity contribution in [3.8, 4) is 0 Å². The quantitative estimate of drug-likeness (QED) is 0.623. The van der Waals surface area contributed by atoms with Gasteiger partial charge >= 0.3 is 11.9 Å². The number of cyclic esters (lactones) is 1. The molecule has 0 saturated carbocycles. The van der Waals surface area contributed by atoms with E-state index in [4.69, 9.17) is 9.47 Å². The Bertz CT molecular complexity index is 931. The molecular formula is C19H17F4NO4. The molecule has 0 radical (unpaired) electrons. The van der Waals surface area contributed by atoms with Crippen LogP contribution in [0.25, 0.3) is 0 Å². The molecule has 1 aromatic rings. The topological polar surface area (TPSA) is 64.6 Å². The minimum Gasteiger partial charge on any atom is -0.466 e. The summed E-state index contributed by atoms with van der Waals surface area (Å²) in [5, 5.41) is 2.85. The Hall–Kier alpha value is -2.84. The summed E-state index contributed by atoms with van der Waals surface area (Å²) in [6, 6.07) is 1.34. The summed E-state index contributed by atoms with van der Waals surface area (Å²) < 4.78 is 65.6. The fourth-order valence-corrected chi connectivity index (χ4v) is 3.54.